The fourth-order valence-electron chi connectivity index (χ4n) is 2.07. The fourth-order valence-corrected chi connectivity index (χ4v) is 2.07. The van der Waals surface area contributed by atoms with Crippen molar-refractivity contribution in [2.24, 2.45) is 0 Å². The zero-order valence-corrected chi connectivity index (χ0v) is 9.86. The van der Waals surface area contributed by atoms with E-state index in [1.54, 1.807) is 0 Å². The zero-order chi connectivity index (χ0) is 11.4. The van der Waals surface area contributed by atoms with Crippen LogP contribution in [0.3, 0.4) is 0 Å². The second-order valence-corrected chi connectivity index (χ2v) is 4.47. The molecule has 0 amide bonds. The summed E-state index contributed by atoms with van der Waals surface area (Å²) in [5, 5.41) is 0. The number of ether oxygens (including phenoxy) is 1. The predicted molar refractivity (Wildman–Crippen MR) is 66.6 cm³/mol. The lowest BCUT2D eigenvalue weighted by molar-refractivity contribution is 0.172. The number of nitrogen functional groups attached to an aromatic ring is 1. The highest BCUT2D eigenvalue weighted by molar-refractivity contribution is 5.41. The molecule has 88 valence electrons. The van der Waals surface area contributed by atoms with Gasteiger partial charge < -0.3 is 10.5 Å². The van der Waals surface area contributed by atoms with E-state index in [4.69, 9.17) is 10.5 Å². The van der Waals surface area contributed by atoms with E-state index in [1.807, 2.05) is 24.3 Å². The van der Waals surface area contributed by atoms with Crippen molar-refractivity contribution in [3.8, 4) is 5.75 Å². The maximum Gasteiger partial charge on any atom is 0.119 e. The van der Waals surface area contributed by atoms with E-state index in [-0.39, 0.29) is 0 Å². The van der Waals surface area contributed by atoms with Crippen molar-refractivity contribution < 1.29 is 4.74 Å². The Balaban J connectivity index is 1.80. The summed E-state index contributed by atoms with van der Waals surface area (Å²) in [5.41, 5.74) is 6.40. The summed E-state index contributed by atoms with van der Waals surface area (Å²) in [4.78, 5) is 2.48. The number of likely N-dealkylation sites (tertiary alicyclic amines) is 1. The summed E-state index contributed by atoms with van der Waals surface area (Å²) in [6.07, 6.45) is 2.65. The number of hydrogen-bond donors (Lipinski definition) is 1. The molecular formula is C13H20N2O. The summed E-state index contributed by atoms with van der Waals surface area (Å²) in [7, 11) is 0. The van der Waals surface area contributed by atoms with Crippen molar-refractivity contribution in [2.75, 3.05) is 25.4 Å². The van der Waals surface area contributed by atoms with Gasteiger partial charge in [-0.25, -0.2) is 0 Å². The largest absolute Gasteiger partial charge is 0.492 e. The SMILES string of the molecule is C[C@H](COc1ccc(N)cc1)N1CCCC1. The Morgan fingerprint density at radius 3 is 2.50 bits per heavy atom. The molecule has 1 fully saturated rings. The summed E-state index contributed by atoms with van der Waals surface area (Å²) < 4.78 is 5.74. The number of hydrogen-bond acceptors (Lipinski definition) is 3. The van der Waals surface area contributed by atoms with Crippen LogP contribution in [-0.4, -0.2) is 30.6 Å². The molecule has 0 aliphatic carbocycles. The lowest BCUT2D eigenvalue weighted by atomic mass is 10.3. The molecule has 3 heteroatoms. The highest BCUT2D eigenvalue weighted by Gasteiger charge is 2.18. The third-order valence-corrected chi connectivity index (χ3v) is 3.14. The van der Waals surface area contributed by atoms with Gasteiger partial charge in [0.1, 0.15) is 12.4 Å². The van der Waals surface area contributed by atoms with Crippen LogP contribution < -0.4 is 10.5 Å². The average molecular weight is 220 g/mol. The second-order valence-electron chi connectivity index (χ2n) is 4.47. The topological polar surface area (TPSA) is 38.5 Å². The standard InChI is InChI=1S/C13H20N2O/c1-11(15-8-2-3-9-15)10-16-13-6-4-12(14)5-7-13/h4-7,11H,2-3,8-10,14H2,1H3/t11-/m1/s1. The van der Waals surface area contributed by atoms with Crippen molar-refractivity contribution in [1.29, 1.82) is 0 Å². The smallest absolute Gasteiger partial charge is 0.119 e. The second kappa shape index (κ2) is 5.21. The van der Waals surface area contributed by atoms with E-state index in [2.05, 4.69) is 11.8 Å². The van der Waals surface area contributed by atoms with E-state index in [1.165, 1.54) is 25.9 Å². The summed E-state index contributed by atoms with van der Waals surface area (Å²) >= 11 is 0. The molecular weight excluding hydrogens is 200 g/mol. The normalized spacial score (nSPS) is 18.6. The highest BCUT2D eigenvalue weighted by Crippen LogP contribution is 2.16. The van der Waals surface area contributed by atoms with Gasteiger partial charge in [0.15, 0.2) is 0 Å². The van der Waals surface area contributed by atoms with Crippen LogP contribution >= 0.6 is 0 Å². The Bertz CT molecular complexity index is 317. The number of rotatable bonds is 4. The number of benzene rings is 1. The highest BCUT2D eigenvalue weighted by atomic mass is 16.5. The third kappa shape index (κ3) is 2.89. The van der Waals surface area contributed by atoms with Crippen LogP contribution in [-0.2, 0) is 0 Å². The molecule has 1 aromatic carbocycles. The molecule has 1 aliphatic rings. The van der Waals surface area contributed by atoms with Crippen molar-refractivity contribution in [1.82, 2.24) is 4.90 Å². The number of nitrogens with two attached hydrogens (primary N) is 1. The molecule has 0 radical (unpaired) electrons. The van der Waals surface area contributed by atoms with Gasteiger partial charge in [-0.15, -0.1) is 0 Å². The summed E-state index contributed by atoms with van der Waals surface area (Å²) in [6, 6.07) is 8.09. The number of anilines is 1. The first-order valence-corrected chi connectivity index (χ1v) is 5.98. The molecule has 2 rings (SSSR count). The van der Waals surface area contributed by atoms with Crippen molar-refractivity contribution in [2.45, 2.75) is 25.8 Å². The molecule has 0 unspecified atom stereocenters. The van der Waals surface area contributed by atoms with E-state index in [9.17, 15) is 0 Å². The predicted octanol–water partition coefficient (Wildman–Crippen LogP) is 2.13. The Kier molecular flexibility index (Phi) is 3.67. The Labute approximate surface area is 97.2 Å². The molecule has 3 nitrogen and oxygen atoms in total. The van der Waals surface area contributed by atoms with Crippen LogP contribution in [0.1, 0.15) is 19.8 Å². The Morgan fingerprint density at radius 1 is 1.25 bits per heavy atom. The first-order chi connectivity index (χ1) is 7.75. The summed E-state index contributed by atoms with van der Waals surface area (Å²) in [5.74, 6) is 0.903. The van der Waals surface area contributed by atoms with Crippen molar-refractivity contribution in [3.05, 3.63) is 24.3 Å². The molecule has 1 saturated heterocycles. The lowest BCUT2D eigenvalue weighted by Gasteiger charge is -2.23. The molecule has 0 aromatic heterocycles. The van der Waals surface area contributed by atoms with Crippen LogP contribution in [0, 0.1) is 0 Å². The molecule has 16 heavy (non-hydrogen) atoms. The maximum absolute atomic E-state index is 5.74. The van der Waals surface area contributed by atoms with Gasteiger partial charge in [-0.1, -0.05) is 0 Å². The maximum atomic E-state index is 5.74. The monoisotopic (exact) mass is 220 g/mol. The van der Waals surface area contributed by atoms with Gasteiger partial charge in [0.05, 0.1) is 0 Å². The summed E-state index contributed by atoms with van der Waals surface area (Å²) in [6.45, 7) is 5.41. The Hall–Kier alpha value is -1.22. The van der Waals surface area contributed by atoms with Gasteiger partial charge >= 0.3 is 0 Å². The Morgan fingerprint density at radius 2 is 1.88 bits per heavy atom. The molecule has 0 saturated carbocycles. The van der Waals surface area contributed by atoms with Gasteiger partial charge in [0.25, 0.3) is 0 Å². The molecule has 1 atom stereocenters. The quantitative estimate of drug-likeness (QED) is 0.790. The van der Waals surface area contributed by atoms with Crippen LogP contribution in [0.15, 0.2) is 24.3 Å². The van der Waals surface area contributed by atoms with E-state index < -0.39 is 0 Å². The van der Waals surface area contributed by atoms with Crippen LogP contribution in [0.4, 0.5) is 5.69 Å². The van der Waals surface area contributed by atoms with Crippen LogP contribution in [0.25, 0.3) is 0 Å². The fraction of sp³-hybridized carbons (Fsp3) is 0.538. The van der Waals surface area contributed by atoms with E-state index in [0.29, 0.717) is 6.04 Å². The zero-order valence-electron chi connectivity index (χ0n) is 9.86. The van der Waals surface area contributed by atoms with Gasteiger partial charge in [-0.2, -0.15) is 0 Å². The van der Waals surface area contributed by atoms with Crippen molar-refractivity contribution >= 4 is 5.69 Å². The van der Waals surface area contributed by atoms with Gasteiger partial charge in [0.2, 0.25) is 0 Å². The van der Waals surface area contributed by atoms with Gasteiger partial charge in [0, 0.05) is 11.7 Å². The number of nitrogens with zero attached hydrogens (tertiary/aromatic N) is 1. The average Bonchev–Trinajstić information content (AvgIpc) is 2.81. The van der Waals surface area contributed by atoms with E-state index >= 15 is 0 Å². The van der Waals surface area contributed by atoms with Gasteiger partial charge in [-0.3, -0.25) is 4.90 Å². The van der Waals surface area contributed by atoms with E-state index in [0.717, 1.165) is 18.0 Å². The molecule has 1 aromatic rings. The first kappa shape index (κ1) is 11.3. The van der Waals surface area contributed by atoms with Gasteiger partial charge in [-0.05, 0) is 57.1 Å². The minimum Gasteiger partial charge on any atom is -0.492 e. The molecule has 1 aliphatic heterocycles. The van der Waals surface area contributed by atoms with Crippen LogP contribution in [0.2, 0.25) is 0 Å². The molecule has 0 bridgehead atoms. The minimum absolute atomic E-state index is 0.500. The molecule has 1 heterocycles. The molecule has 0 spiro atoms. The lowest BCUT2D eigenvalue weighted by Crippen LogP contribution is -2.34. The first-order valence-electron chi connectivity index (χ1n) is 5.98. The third-order valence-electron chi connectivity index (χ3n) is 3.14. The minimum atomic E-state index is 0.500. The molecule has 2 N–H and O–H groups in total. The van der Waals surface area contributed by atoms with Crippen LogP contribution in [0.5, 0.6) is 5.75 Å². The van der Waals surface area contributed by atoms with Crippen molar-refractivity contribution in [3.63, 3.8) is 0 Å².